The monoisotopic (exact) mass is 218 g/mol. The quantitative estimate of drug-likeness (QED) is 0.804. The molecule has 0 unspecified atom stereocenters. The summed E-state index contributed by atoms with van der Waals surface area (Å²) in [6, 6.07) is 8.59. The van der Waals surface area contributed by atoms with Gasteiger partial charge in [0.15, 0.2) is 0 Å². The fourth-order valence-electron chi connectivity index (χ4n) is 2.16. The number of nitrogens with zero attached hydrogens (tertiary/aromatic N) is 1. The average Bonchev–Trinajstić information content (AvgIpc) is 2.55. The van der Waals surface area contributed by atoms with Gasteiger partial charge in [0, 0.05) is 29.9 Å². The largest absolute Gasteiger partial charge is 0.399 e. The van der Waals surface area contributed by atoms with Crippen LogP contribution in [0.15, 0.2) is 24.3 Å². The highest BCUT2D eigenvalue weighted by molar-refractivity contribution is 5.84. The lowest BCUT2D eigenvalue weighted by molar-refractivity contribution is 0.177. The predicted octanol–water partition coefficient (Wildman–Crippen LogP) is 2.95. The van der Waals surface area contributed by atoms with E-state index in [2.05, 4.69) is 30.5 Å². The summed E-state index contributed by atoms with van der Waals surface area (Å²) >= 11 is 0. The molecule has 0 saturated heterocycles. The molecule has 1 aromatic carbocycles. The number of benzene rings is 1. The van der Waals surface area contributed by atoms with Crippen LogP contribution >= 0.6 is 0 Å². The molecule has 2 aromatic rings. The Hall–Kier alpha value is -1.48. The van der Waals surface area contributed by atoms with E-state index < -0.39 is 0 Å². The first-order valence-electron chi connectivity index (χ1n) is 5.51. The molecule has 2 rings (SSSR count). The second-order valence-corrected chi connectivity index (χ2v) is 4.35. The maximum absolute atomic E-state index is 5.83. The molecule has 0 radical (unpaired) electrons. The van der Waals surface area contributed by atoms with Crippen molar-refractivity contribution in [3.63, 3.8) is 0 Å². The fraction of sp³-hybridized carbons (Fsp3) is 0.385. The predicted molar refractivity (Wildman–Crippen MR) is 67.4 cm³/mol. The molecule has 1 heterocycles. The van der Waals surface area contributed by atoms with Crippen LogP contribution in [0, 0.1) is 0 Å². The van der Waals surface area contributed by atoms with Gasteiger partial charge in [-0.15, -0.1) is 0 Å². The SMILES string of the molecule is COCc1cc2ccc(N)cc2n1C(C)C. The van der Waals surface area contributed by atoms with Crippen LogP contribution in [0.1, 0.15) is 25.6 Å². The van der Waals surface area contributed by atoms with Gasteiger partial charge < -0.3 is 15.0 Å². The van der Waals surface area contributed by atoms with Crippen LogP contribution in [0.3, 0.4) is 0 Å². The topological polar surface area (TPSA) is 40.2 Å². The molecular formula is C13H18N2O. The summed E-state index contributed by atoms with van der Waals surface area (Å²) in [5.74, 6) is 0. The lowest BCUT2D eigenvalue weighted by Crippen LogP contribution is -2.06. The van der Waals surface area contributed by atoms with Gasteiger partial charge in [0.1, 0.15) is 0 Å². The molecule has 2 N–H and O–H groups in total. The van der Waals surface area contributed by atoms with E-state index in [4.69, 9.17) is 10.5 Å². The van der Waals surface area contributed by atoms with E-state index in [9.17, 15) is 0 Å². The molecule has 16 heavy (non-hydrogen) atoms. The Morgan fingerprint density at radius 1 is 1.31 bits per heavy atom. The number of nitrogen functional groups attached to an aromatic ring is 1. The second-order valence-electron chi connectivity index (χ2n) is 4.35. The molecule has 0 aliphatic rings. The third-order valence-electron chi connectivity index (χ3n) is 2.75. The Kier molecular flexibility index (Phi) is 2.88. The van der Waals surface area contributed by atoms with Crippen LogP contribution in [0.4, 0.5) is 5.69 Å². The molecule has 0 bridgehead atoms. The van der Waals surface area contributed by atoms with E-state index in [1.165, 1.54) is 16.6 Å². The first kappa shape index (κ1) is 11.0. The zero-order chi connectivity index (χ0) is 11.7. The van der Waals surface area contributed by atoms with Crippen molar-refractivity contribution < 1.29 is 4.74 Å². The van der Waals surface area contributed by atoms with Gasteiger partial charge in [0.2, 0.25) is 0 Å². The second kappa shape index (κ2) is 4.18. The summed E-state index contributed by atoms with van der Waals surface area (Å²) in [5, 5.41) is 1.22. The minimum Gasteiger partial charge on any atom is -0.399 e. The average molecular weight is 218 g/mol. The number of fused-ring (bicyclic) bond motifs is 1. The molecule has 3 heteroatoms. The van der Waals surface area contributed by atoms with Gasteiger partial charge in [-0.3, -0.25) is 0 Å². The number of aromatic nitrogens is 1. The van der Waals surface area contributed by atoms with E-state index in [1.54, 1.807) is 7.11 Å². The Balaban J connectivity index is 2.67. The molecule has 86 valence electrons. The Labute approximate surface area is 95.8 Å². The Morgan fingerprint density at radius 3 is 2.69 bits per heavy atom. The van der Waals surface area contributed by atoms with Crippen molar-refractivity contribution in [2.45, 2.75) is 26.5 Å². The molecule has 1 aromatic heterocycles. The van der Waals surface area contributed by atoms with E-state index >= 15 is 0 Å². The van der Waals surface area contributed by atoms with Crippen LogP contribution in [0.5, 0.6) is 0 Å². The van der Waals surface area contributed by atoms with Crippen molar-refractivity contribution >= 4 is 16.6 Å². The molecule has 0 atom stereocenters. The van der Waals surface area contributed by atoms with Gasteiger partial charge in [0.05, 0.1) is 12.1 Å². The van der Waals surface area contributed by atoms with Gasteiger partial charge in [-0.2, -0.15) is 0 Å². The van der Waals surface area contributed by atoms with Crippen LogP contribution in [-0.2, 0) is 11.3 Å². The molecular weight excluding hydrogens is 200 g/mol. The van der Waals surface area contributed by atoms with E-state index in [0.717, 1.165) is 5.69 Å². The van der Waals surface area contributed by atoms with Crippen LogP contribution in [0.25, 0.3) is 10.9 Å². The molecule has 0 spiro atoms. The maximum Gasteiger partial charge on any atom is 0.0864 e. The highest BCUT2D eigenvalue weighted by Gasteiger charge is 2.11. The summed E-state index contributed by atoms with van der Waals surface area (Å²) in [6.07, 6.45) is 0. The van der Waals surface area contributed by atoms with Crippen molar-refractivity contribution in [1.29, 1.82) is 0 Å². The van der Waals surface area contributed by atoms with Crippen LogP contribution in [0.2, 0.25) is 0 Å². The third-order valence-corrected chi connectivity index (χ3v) is 2.75. The first-order valence-corrected chi connectivity index (χ1v) is 5.51. The lowest BCUT2D eigenvalue weighted by atomic mass is 10.2. The number of hydrogen-bond acceptors (Lipinski definition) is 2. The van der Waals surface area contributed by atoms with Crippen LogP contribution in [-0.4, -0.2) is 11.7 Å². The van der Waals surface area contributed by atoms with Gasteiger partial charge in [0.25, 0.3) is 0 Å². The molecule has 0 aliphatic heterocycles. The summed E-state index contributed by atoms with van der Waals surface area (Å²) < 4.78 is 7.50. The van der Waals surface area contributed by atoms with E-state index in [0.29, 0.717) is 12.6 Å². The molecule has 0 fully saturated rings. The number of nitrogens with two attached hydrogens (primary N) is 1. The molecule has 3 nitrogen and oxygen atoms in total. The van der Waals surface area contributed by atoms with Crippen molar-refractivity contribution in [2.24, 2.45) is 0 Å². The van der Waals surface area contributed by atoms with Crippen molar-refractivity contribution in [2.75, 3.05) is 12.8 Å². The maximum atomic E-state index is 5.83. The number of anilines is 1. The van der Waals surface area contributed by atoms with Gasteiger partial charge >= 0.3 is 0 Å². The molecule has 0 amide bonds. The zero-order valence-electron chi connectivity index (χ0n) is 10.0. The van der Waals surface area contributed by atoms with Crippen molar-refractivity contribution in [1.82, 2.24) is 4.57 Å². The minimum absolute atomic E-state index is 0.407. The smallest absolute Gasteiger partial charge is 0.0864 e. The molecule has 0 aliphatic carbocycles. The van der Waals surface area contributed by atoms with Crippen molar-refractivity contribution in [3.8, 4) is 0 Å². The highest BCUT2D eigenvalue weighted by atomic mass is 16.5. The third kappa shape index (κ3) is 1.78. The van der Waals surface area contributed by atoms with Crippen LogP contribution < -0.4 is 5.73 Å². The van der Waals surface area contributed by atoms with E-state index in [-0.39, 0.29) is 0 Å². The van der Waals surface area contributed by atoms with Gasteiger partial charge in [-0.05, 0) is 32.0 Å². The summed E-state index contributed by atoms with van der Waals surface area (Å²) in [7, 11) is 1.72. The molecule has 0 saturated carbocycles. The number of rotatable bonds is 3. The lowest BCUT2D eigenvalue weighted by Gasteiger charge is -2.14. The Bertz CT molecular complexity index is 500. The van der Waals surface area contributed by atoms with Gasteiger partial charge in [-0.1, -0.05) is 6.07 Å². The Morgan fingerprint density at radius 2 is 2.06 bits per heavy atom. The first-order chi connectivity index (χ1) is 7.63. The highest BCUT2D eigenvalue weighted by Crippen LogP contribution is 2.26. The fourth-order valence-corrected chi connectivity index (χ4v) is 2.16. The zero-order valence-corrected chi connectivity index (χ0v) is 10.0. The number of ether oxygens (including phenoxy) is 1. The van der Waals surface area contributed by atoms with Crippen molar-refractivity contribution in [3.05, 3.63) is 30.0 Å². The van der Waals surface area contributed by atoms with Gasteiger partial charge in [-0.25, -0.2) is 0 Å². The standard InChI is InChI=1S/C13H18N2O/c1-9(2)15-12(8-16-3)6-10-4-5-11(14)7-13(10)15/h4-7,9H,8,14H2,1-3H3. The number of hydrogen-bond donors (Lipinski definition) is 1. The summed E-state index contributed by atoms with van der Waals surface area (Å²) in [6.45, 7) is 4.97. The summed E-state index contributed by atoms with van der Waals surface area (Å²) in [4.78, 5) is 0. The number of methoxy groups -OCH3 is 1. The summed E-state index contributed by atoms with van der Waals surface area (Å²) in [5.41, 5.74) is 9.01. The van der Waals surface area contributed by atoms with E-state index in [1.807, 2.05) is 12.1 Å². The normalized spacial score (nSPS) is 11.5. The minimum atomic E-state index is 0.407.